The van der Waals surface area contributed by atoms with Crippen LogP contribution in [0.5, 0.6) is 11.5 Å². The molecule has 0 fully saturated rings. The summed E-state index contributed by atoms with van der Waals surface area (Å²) in [6, 6.07) is 6.21. The minimum Gasteiger partial charge on any atom is -0.506 e. The van der Waals surface area contributed by atoms with E-state index in [0.717, 1.165) is 9.65 Å². The number of aldehydes is 1. The van der Waals surface area contributed by atoms with Gasteiger partial charge in [0.1, 0.15) is 11.5 Å². The van der Waals surface area contributed by atoms with E-state index < -0.39 is 23.8 Å². The van der Waals surface area contributed by atoms with Gasteiger partial charge in [-0.15, -0.1) is 0 Å². The second-order valence-electron chi connectivity index (χ2n) is 6.11. The molecule has 3 rings (SSSR count). The number of phenols is 1. The maximum atomic E-state index is 13.1. The average molecular weight is 715 g/mol. The zero-order valence-corrected chi connectivity index (χ0v) is 21.8. The number of carbonyl (C=O) groups is 2. The fourth-order valence-electron chi connectivity index (χ4n) is 2.54. The van der Waals surface area contributed by atoms with Crippen LogP contribution in [0.2, 0.25) is 10.0 Å². The highest BCUT2D eigenvalue weighted by molar-refractivity contribution is 14.1. The summed E-state index contributed by atoms with van der Waals surface area (Å²) in [4.78, 5) is 22.0. The number of carbonyl (C=O) groups excluding carboxylic acids is 2. The van der Waals surface area contributed by atoms with E-state index >= 15 is 0 Å². The highest BCUT2D eigenvalue weighted by Crippen LogP contribution is 2.42. The fraction of sp³-hybridized carbons (Fsp3) is 0.200. The zero-order valence-electron chi connectivity index (χ0n) is 16.0. The normalized spacial score (nSPS) is 14.9. The smallest absolute Gasteiger partial charge is 0.430 e. The molecule has 0 spiro atoms. The second kappa shape index (κ2) is 11.3. The van der Waals surface area contributed by atoms with E-state index in [0.29, 0.717) is 15.4 Å². The van der Waals surface area contributed by atoms with Gasteiger partial charge in [-0.2, -0.15) is 13.2 Å². The molecule has 12 heteroatoms. The molecule has 2 aromatic carbocycles. The van der Waals surface area contributed by atoms with Gasteiger partial charge in [-0.3, -0.25) is 4.79 Å². The van der Waals surface area contributed by atoms with Crippen molar-refractivity contribution in [3.63, 3.8) is 0 Å². The summed E-state index contributed by atoms with van der Waals surface area (Å²) in [6.07, 6.45) is -5.45. The molecule has 172 valence electrons. The van der Waals surface area contributed by atoms with Crippen LogP contribution < -0.4 is 4.74 Å². The second-order valence-corrected chi connectivity index (χ2v) is 9.41. The van der Waals surface area contributed by atoms with Gasteiger partial charge in [0.15, 0.2) is 6.29 Å². The summed E-state index contributed by atoms with van der Waals surface area (Å²) in [5.41, 5.74) is -0.0488. The van der Waals surface area contributed by atoms with Crippen LogP contribution >= 0.6 is 68.4 Å². The number of benzene rings is 2. The molecule has 32 heavy (non-hydrogen) atoms. The quantitative estimate of drug-likeness (QED) is 0.218. The van der Waals surface area contributed by atoms with Crippen LogP contribution in [0.4, 0.5) is 13.2 Å². The Morgan fingerprint density at radius 1 is 1.19 bits per heavy atom. The number of alkyl halides is 3. The number of esters is 1. The Morgan fingerprint density at radius 3 is 2.34 bits per heavy atom. The summed E-state index contributed by atoms with van der Waals surface area (Å²) >= 11 is 15.5. The third kappa shape index (κ3) is 6.64. The predicted molar refractivity (Wildman–Crippen MR) is 130 cm³/mol. The van der Waals surface area contributed by atoms with E-state index in [-0.39, 0.29) is 33.7 Å². The van der Waals surface area contributed by atoms with Crippen LogP contribution in [0.3, 0.4) is 0 Å². The number of phenolic OH excluding ortho intramolecular Hbond substituents is 1. The molecule has 1 N–H and O–H groups in total. The average Bonchev–Trinajstić information content (AvgIpc) is 2.69. The fourth-order valence-corrected chi connectivity index (χ4v) is 4.70. The maximum Gasteiger partial charge on any atom is 0.430 e. The predicted octanol–water partition coefficient (Wildman–Crippen LogP) is 6.68. The Kier molecular flexibility index (Phi) is 9.49. The minimum absolute atomic E-state index is 0.0271. The van der Waals surface area contributed by atoms with Gasteiger partial charge in [0.25, 0.3) is 0 Å². The first kappa shape index (κ1) is 27.0. The van der Waals surface area contributed by atoms with Gasteiger partial charge < -0.3 is 14.6 Å². The molecule has 1 aliphatic heterocycles. The van der Waals surface area contributed by atoms with Gasteiger partial charge in [-0.05, 0) is 82.4 Å². The van der Waals surface area contributed by atoms with Gasteiger partial charge in [0.05, 0.1) is 27.8 Å². The number of rotatable bonds is 3. The van der Waals surface area contributed by atoms with Crippen LogP contribution in [0.25, 0.3) is 6.08 Å². The van der Waals surface area contributed by atoms with E-state index in [2.05, 4.69) is 4.74 Å². The Bertz CT molecular complexity index is 1070. The van der Waals surface area contributed by atoms with Crippen molar-refractivity contribution in [2.75, 3.05) is 6.61 Å². The Morgan fingerprint density at radius 2 is 1.78 bits per heavy atom. The van der Waals surface area contributed by atoms with Gasteiger partial charge in [-0.25, -0.2) is 4.79 Å². The maximum absolute atomic E-state index is 13.1. The highest BCUT2D eigenvalue weighted by Gasteiger charge is 2.49. The highest BCUT2D eigenvalue weighted by atomic mass is 127. The van der Waals surface area contributed by atoms with E-state index in [1.807, 2.05) is 45.2 Å². The molecule has 5 nitrogen and oxygen atoms in total. The summed E-state index contributed by atoms with van der Waals surface area (Å²) in [6.45, 7) is 1.49. The topological polar surface area (TPSA) is 72.8 Å². The summed E-state index contributed by atoms with van der Waals surface area (Å²) in [5.74, 6) is -1.30. The molecule has 1 aliphatic rings. The molecule has 1 unspecified atom stereocenters. The molecule has 1 heterocycles. The van der Waals surface area contributed by atoms with Gasteiger partial charge in [-0.1, -0.05) is 23.2 Å². The van der Waals surface area contributed by atoms with Crippen LogP contribution in [-0.2, 0) is 9.53 Å². The van der Waals surface area contributed by atoms with E-state index in [1.165, 1.54) is 13.0 Å². The van der Waals surface area contributed by atoms with Gasteiger partial charge in [0.2, 0.25) is 6.10 Å². The lowest BCUT2D eigenvalue weighted by atomic mass is 10.0. The summed E-state index contributed by atoms with van der Waals surface area (Å²) in [7, 11) is 0. The van der Waals surface area contributed by atoms with Crippen LogP contribution in [0.15, 0.2) is 29.8 Å². The Labute approximate surface area is 218 Å². The van der Waals surface area contributed by atoms with Crippen LogP contribution in [-0.4, -0.2) is 36.2 Å². The number of hydrogen-bond acceptors (Lipinski definition) is 5. The third-order valence-electron chi connectivity index (χ3n) is 3.86. The number of halogens is 7. The van der Waals surface area contributed by atoms with Crippen molar-refractivity contribution in [2.45, 2.75) is 19.2 Å². The van der Waals surface area contributed by atoms with Crippen molar-refractivity contribution in [1.82, 2.24) is 0 Å². The van der Waals surface area contributed by atoms with E-state index in [1.54, 1.807) is 18.2 Å². The molecule has 0 radical (unpaired) electrons. The standard InChI is InChI=1S/C13H9ClF3IO3.C7H4ClIO2/c1-2-20-12(19)8-4-6-3-7(18)5-9(14)10(6)21-11(8)13(15,16)17;8-6-2-5(9)1-4(3-10)7(6)11/h3-5,11H,2H2,1H3;1-3,11H. The van der Waals surface area contributed by atoms with Crippen molar-refractivity contribution in [3.8, 4) is 11.5 Å². The molecule has 0 saturated heterocycles. The van der Waals surface area contributed by atoms with Crippen LogP contribution in [0, 0.1) is 7.14 Å². The first-order valence-electron chi connectivity index (χ1n) is 8.63. The molecule has 0 amide bonds. The lowest BCUT2D eigenvalue weighted by Gasteiger charge is -2.28. The first-order chi connectivity index (χ1) is 14.9. The molecule has 0 saturated carbocycles. The van der Waals surface area contributed by atoms with Crippen molar-refractivity contribution in [3.05, 3.63) is 58.2 Å². The lowest BCUT2D eigenvalue weighted by molar-refractivity contribution is -0.187. The van der Waals surface area contributed by atoms with Crippen molar-refractivity contribution >= 4 is 86.7 Å². The zero-order chi connectivity index (χ0) is 24.2. The number of ether oxygens (including phenoxy) is 2. The molecular weight excluding hydrogens is 702 g/mol. The van der Waals surface area contributed by atoms with E-state index in [4.69, 9.17) is 33.0 Å². The Hall–Kier alpha value is -1.25. The van der Waals surface area contributed by atoms with Crippen molar-refractivity contribution in [2.24, 2.45) is 0 Å². The van der Waals surface area contributed by atoms with Crippen LogP contribution in [0.1, 0.15) is 22.8 Å². The van der Waals surface area contributed by atoms with Crippen molar-refractivity contribution in [1.29, 1.82) is 0 Å². The monoisotopic (exact) mass is 714 g/mol. The summed E-state index contributed by atoms with van der Waals surface area (Å²) < 4.78 is 50.4. The van der Waals surface area contributed by atoms with E-state index in [9.17, 15) is 22.8 Å². The third-order valence-corrected chi connectivity index (χ3v) is 5.67. The first-order valence-corrected chi connectivity index (χ1v) is 11.5. The molecular formula is C20H13Cl2F3I2O5. The lowest BCUT2D eigenvalue weighted by Crippen LogP contribution is -2.40. The van der Waals surface area contributed by atoms with Crippen molar-refractivity contribution < 1.29 is 37.3 Å². The van der Waals surface area contributed by atoms with Gasteiger partial charge >= 0.3 is 12.1 Å². The van der Waals surface area contributed by atoms with Gasteiger partial charge in [0, 0.05) is 12.7 Å². The number of fused-ring (bicyclic) bond motifs is 1. The molecule has 2 aromatic rings. The largest absolute Gasteiger partial charge is 0.506 e. The Balaban J connectivity index is 0.000000278. The molecule has 0 aromatic heterocycles. The number of hydrogen-bond donors (Lipinski definition) is 1. The minimum atomic E-state index is -4.75. The summed E-state index contributed by atoms with van der Waals surface area (Å²) in [5, 5.41) is 9.42. The SMILES string of the molecule is CCOC(=O)C1=Cc2cc(I)cc(Cl)c2OC1C(F)(F)F.O=Cc1cc(I)cc(Cl)c1O. The molecule has 1 atom stereocenters. The molecule has 0 aliphatic carbocycles. The number of aromatic hydroxyl groups is 1. The molecule has 0 bridgehead atoms.